The summed E-state index contributed by atoms with van der Waals surface area (Å²) in [6, 6.07) is 10.4. The topological polar surface area (TPSA) is 47.1 Å². The highest BCUT2D eigenvalue weighted by Crippen LogP contribution is 2.22. The summed E-state index contributed by atoms with van der Waals surface area (Å²) in [5, 5.41) is 4.34. The highest BCUT2D eigenvalue weighted by atomic mass is 16.3. The Hall–Kier alpha value is -2.14. The van der Waals surface area contributed by atoms with Gasteiger partial charge in [-0.2, -0.15) is 5.10 Å². The standard InChI is InChI=1S/C17H20N4O/c1-2-8-16-15(7-1)19-17(22-16)13-20-10-4-3-6-14(20)12-21-11-5-9-18-21/h1-2,5,7-9,11,14H,3-4,6,10,12-13H2/t14-/m1/s1. The second kappa shape index (κ2) is 5.93. The number of likely N-dealkylation sites (tertiary alicyclic amines) is 1. The van der Waals surface area contributed by atoms with Crippen LogP contribution in [0.2, 0.25) is 0 Å². The predicted octanol–water partition coefficient (Wildman–Crippen LogP) is 3.08. The first-order chi connectivity index (χ1) is 10.9. The molecule has 0 saturated carbocycles. The van der Waals surface area contributed by atoms with Crippen molar-refractivity contribution in [3.63, 3.8) is 0 Å². The molecule has 1 aliphatic heterocycles. The van der Waals surface area contributed by atoms with Gasteiger partial charge in [-0.15, -0.1) is 0 Å². The van der Waals surface area contributed by atoms with E-state index in [9.17, 15) is 0 Å². The lowest BCUT2D eigenvalue weighted by Gasteiger charge is -2.34. The van der Waals surface area contributed by atoms with Crippen LogP contribution >= 0.6 is 0 Å². The summed E-state index contributed by atoms with van der Waals surface area (Å²) < 4.78 is 7.90. The molecular weight excluding hydrogens is 276 g/mol. The molecule has 0 unspecified atom stereocenters. The fraction of sp³-hybridized carbons (Fsp3) is 0.412. The van der Waals surface area contributed by atoms with Gasteiger partial charge in [0, 0.05) is 18.4 Å². The highest BCUT2D eigenvalue weighted by Gasteiger charge is 2.24. The Morgan fingerprint density at radius 2 is 2.14 bits per heavy atom. The number of oxazole rings is 1. The van der Waals surface area contributed by atoms with Gasteiger partial charge in [0.05, 0.1) is 13.1 Å². The minimum absolute atomic E-state index is 0.503. The zero-order chi connectivity index (χ0) is 14.8. The summed E-state index contributed by atoms with van der Waals surface area (Å²) in [7, 11) is 0. The van der Waals surface area contributed by atoms with Crippen LogP contribution in [0.5, 0.6) is 0 Å². The summed E-state index contributed by atoms with van der Waals surface area (Å²) in [4.78, 5) is 7.09. The van der Waals surface area contributed by atoms with Crippen LogP contribution in [0.4, 0.5) is 0 Å². The van der Waals surface area contributed by atoms with Crippen LogP contribution in [0, 0.1) is 0 Å². The monoisotopic (exact) mass is 296 g/mol. The Morgan fingerprint density at radius 1 is 1.18 bits per heavy atom. The number of fused-ring (bicyclic) bond motifs is 1. The molecule has 1 atom stereocenters. The molecule has 1 aromatic carbocycles. The van der Waals surface area contributed by atoms with Gasteiger partial charge in [0.15, 0.2) is 5.58 Å². The van der Waals surface area contributed by atoms with E-state index in [0.717, 1.165) is 36.6 Å². The van der Waals surface area contributed by atoms with Gasteiger partial charge in [0.1, 0.15) is 5.52 Å². The first kappa shape index (κ1) is 13.5. The summed E-state index contributed by atoms with van der Waals surface area (Å²) >= 11 is 0. The van der Waals surface area contributed by atoms with Crippen molar-refractivity contribution in [3.8, 4) is 0 Å². The number of benzene rings is 1. The van der Waals surface area contributed by atoms with E-state index in [2.05, 4.69) is 15.0 Å². The molecule has 5 heteroatoms. The van der Waals surface area contributed by atoms with Crippen molar-refractivity contribution in [2.75, 3.05) is 6.54 Å². The van der Waals surface area contributed by atoms with Crippen molar-refractivity contribution in [2.24, 2.45) is 0 Å². The molecule has 0 amide bonds. The Bertz CT molecular complexity index is 701. The van der Waals surface area contributed by atoms with Gasteiger partial charge in [-0.1, -0.05) is 18.6 Å². The quantitative estimate of drug-likeness (QED) is 0.742. The molecule has 0 N–H and O–H groups in total. The molecule has 3 aromatic rings. The summed E-state index contributed by atoms with van der Waals surface area (Å²) in [5.41, 5.74) is 1.82. The third kappa shape index (κ3) is 2.76. The average Bonchev–Trinajstić information content (AvgIpc) is 3.18. The van der Waals surface area contributed by atoms with Gasteiger partial charge in [-0.3, -0.25) is 9.58 Å². The van der Waals surface area contributed by atoms with E-state index in [0.29, 0.717) is 6.04 Å². The fourth-order valence-electron chi connectivity index (χ4n) is 3.26. The van der Waals surface area contributed by atoms with Gasteiger partial charge >= 0.3 is 0 Å². The van der Waals surface area contributed by atoms with E-state index in [1.54, 1.807) is 0 Å². The van der Waals surface area contributed by atoms with Crippen molar-refractivity contribution < 1.29 is 4.42 Å². The molecular formula is C17H20N4O. The van der Waals surface area contributed by atoms with Crippen LogP contribution in [-0.4, -0.2) is 32.3 Å². The minimum Gasteiger partial charge on any atom is -0.439 e. The number of rotatable bonds is 4. The normalized spacial score (nSPS) is 19.7. The molecule has 0 spiro atoms. The largest absolute Gasteiger partial charge is 0.439 e. The number of para-hydroxylation sites is 2. The van der Waals surface area contributed by atoms with E-state index in [-0.39, 0.29) is 0 Å². The van der Waals surface area contributed by atoms with Gasteiger partial charge in [0.2, 0.25) is 5.89 Å². The molecule has 1 saturated heterocycles. The Labute approximate surface area is 129 Å². The van der Waals surface area contributed by atoms with Crippen LogP contribution in [0.15, 0.2) is 47.1 Å². The van der Waals surface area contributed by atoms with E-state index in [1.165, 1.54) is 19.3 Å². The maximum absolute atomic E-state index is 5.88. The summed E-state index contributed by atoms with van der Waals surface area (Å²) in [6.45, 7) is 2.82. The van der Waals surface area contributed by atoms with Gasteiger partial charge in [-0.25, -0.2) is 4.98 Å². The summed E-state index contributed by atoms with van der Waals surface area (Å²) in [6.07, 6.45) is 7.62. The minimum atomic E-state index is 0.503. The maximum atomic E-state index is 5.88. The third-order valence-electron chi connectivity index (χ3n) is 4.38. The number of nitrogens with zero attached hydrogens (tertiary/aromatic N) is 4. The molecule has 22 heavy (non-hydrogen) atoms. The molecule has 0 bridgehead atoms. The molecule has 1 fully saturated rings. The zero-order valence-electron chi connectivity index (χ0n) is 12.6. The first-order valence-electron chi connectivity index (χ1n) is 7.94. The van der Waals surface area contributed by atoms with Crippen LogP contribution < -0.4 is 0 Å². The van der Waals surface area contributed by atoms with Crippen molar-refractivity contribution in [1.29, 1.82) is 0 Å². The molecule has 5 nitrogen and oxygen atoms in total. The lowest BCUT2D eigenvalue weighted by molar-refractivity contribution is 0.112. The van der Waals surface area contributed by atoms with Crippen molar-refractivity contribution in [2.45, 2.75) is 38.4 Å². The van der Waals surface area contributed by atoms with E-state index >= 15 is 0 Å². The van der Waals surface area contributed by atoms with E-state index < -0.39 is 0 Å². The number of hydrogen-bond acceptors (Lipinski definition) is 4. The molecule has 114 valence electrons. The van der Waals surface area contributed by atoms with Crippen LogP contribution in [0.3, 0.4) is 0 Å². The number of piperidine rings is 1. The van der Waals surface area contributed by atoms with E-state index in [4.69, 9.17) is 4.42 Å². The van der Waals surface area contributed by atoms with Crippen LogP contribution in [0.1, 0.15) is 25.2 Å². The Morgan fingerprint density at radius 3 is 3.00 bits per heavy atom. The lowest BCUT2D eigenvalue weighted by Crippen LogP contribution is -2.41. The number of hydrogen-bond donors (Lipinski definition) is 0. The predicted molar refractivity (Wildman–Crippen MR) is 84.3 cm³/mol. The maximum Gasteiger partial charge on any atom is 0.209 e. The van der Waals surface area contributed by atoms with E-state index in [1.807, 2.05) is 47.4 Å². The van der Waals surface area contributed by atoms with Crippen LogP contribution in [-0.2, 0) is 13.1 Å². The molecule has 0 aliphatic carbocycles. The molecule has 2 aromatic heterocycles. The van der Waals surface area contributed by atoms with Crippen molar-refractivity contribution >= 4 is 11.1 Å². The second-order valence-corrected chi connectivity index (χ2v) is 5.92. The summed E-state index contributed by atoms with van der Waals surface area (Å²) in [5.74, 6) is 0.813. The fourth-order valence-corrected chi connectivity index (χ4v) is 3.26. The Balaban J connectivity index is 1.51. The lowest BCUT2D eigenvalue weighted by atomic mass is 10.0. The number of aromatic nitrogens is 3. The Kier molecular flexibility index (Phi) is 3.64. The van der Waals surface area contributed by atoms with Crippen molar-refractivity contribution in [1.82, 2.24) is 19.7 Å². The molecule has 3 heterocycles. The molecule has 0 radical (unpaired) electrons. The van der Waals surface area contributed by atoms with Gasteiger partial charge in [0.25, 0.3) is 0 Å². The average molecular weight is 296 g/mol. The third-order valence-corrected chi connectivity index (χ3v) is 4.38. The second-order valence-electron chi connectivity index (χ2n) is 5.92. The highest BCUT2D eigenvalue weighted by molar-refractivity contribution is 5.72. The van der Waals surface area contributed by atoms with Crippen LogP contribution in [0.25, 0.3) is 11.1 Å². The van der Waals surface area contributed by atoms with Gasteiger partial charge < -0.3 is 4.42 Å². The SMILES string of the molecule is c1ccc2oc(CN3CCCC[C@@H]3Cn3cccn3)nc2c1. The first-order valence-corrected chi connectivity index (χ1v) is 7.94. The molecule has 4 rings (SSSR count). The molecule has 1 aliphatic rings. The zero-order valence-corrected chi connectivity index (χ0v) is 12.6. The van der Waals surface area contributed by atoms with Crippen molar-refractivity contribution in [3.05, 3.63) is 48.6 Å². The smallest absolute Gasteiger partial charge is 0.209 e. The van der Waals surface area contributed by atoms with Gasteiger partial charge in [-0.05, 0) is 37.6 Å².